The van der Waals surface area contributed by atoms with Crippen LogP contribution in [0.4, 0.5) is 5.69 Å². The molecule has 39 heavy (non-hydrogen) atoms. The van der Waals surface area contributed by atoms with Crippen molar-refractivity contribution >= 4 is 31.5 Å². The zero-order valence-corrected chi connectivity index (χ0v) is 23.6. The highest BCUT2D eigenvalue weighted by Crippen LogP contribution is 2.39. The Labute approximate surface area is 230 Å². The monoisotopic (exact) mass is 576 g/mol. The third-order valence-electron chi connectivity index (χ3n) is 7.04. The van der Waals surface area contributed by atoms with Gasteiger partial charge in [0.25, 0.3) is 20.2 Å². The molecule has 0 saturated heterocycles. The van der Waals surface area contributed by atoms with Crippen molar-refractivity contribution in [3.8, 4) is 0 Å². The zero-order chi connectivity index (χ0) is 29.0. The van der Waals surface area contributed by atoms with E-state index in [9.17, 15) is 25.9 Å². The van der Waals surface area contributed by atoms with Crippen LogP contribution in [-0.2, 0) is 20.2 Å². The van der Waals surface area contributed by atoms with Crippen molar-refractivity contribution in [3.05, 3.63) is 83.5 Å². The second-order valence-electron chi connectivity index (χ2n) is 9.32. The van der Waals surface area contributed by atoms with Gasteiger partial charge in [0, 0.05) is 42.3 Å². The minimum absolute atomic E-state index is 0.0548. The van der Waals surface area contributed by atoms with Gasteiger partial charge in [-0.15, -0.1) is 0 Å². The highest BCUT2D eigenvalue weighted by Gasteiger charge is 2.32. The Morgan fingerprint density at radius 1 is 0.923 bits per heavy atom. The maximum atomic E-state index is 12.5. The number of nitrogens with two attached hydrogens (primary N) is 3. The van der Waals surface area contributed by atoms with Gasteiger partial charge < -0.3 is 22.1 Å². The van der Waals surface area contributed by atoms with Crippen molar-refractivity contribution in [2.45, 2.75) is 36.1 Å². The average Bonchev–Trinajstić information content (AvgIpc) is 2.90. The van der Waals surface area contributed by atoms with Gasteiger partial charge in [0.05, 0.1) is 4.90 Å². The number of anilines is 1. The molecule has 0 heterocycles. The van der Waals surface area contributed by atoms with E-state index in [0.717, 1.165) is 30.9 Å². The number of nitrogens with zero attached hydrogens (tertiary/aromatic N) is 1. The minimum Gasteiger partial charge on any atom is -0.372 e. The van der Waals surface area contributed by atoms with Gasteiger partial charge in [-0.05, 0) is 67.8 Å². The molecule has 1 atom stereocenters. The molecule has 0 spiro atoms. The molecule has 2 aromatic rings. The van der Waals surface area contributed by atoms with Crippen LogP contribution in [0.5, 0.6) is 0 Å². The van der Waals surface area contributed by atoms with E-state index in [1.165, 1.54) is 6.07 Å². The highest BCUT2D eigenvalue weighted by molar-refractivity contribution is 7.86. The summed E-state index contributed by atoms with van der Waals surface area (Å²) in [7, 11) is -9.64. The van der Waals surface area contributed by atoms with Crippen LogP contribution in [0, 0.1) is 5.41 Å². The average molecular weight is 577 g/mol. The molecule has 8 N–H and O–H groups in total. The maximum Gasteiger partial charge on any atom is 0.295 e. The van der Waals surface area contributed by atoms with Gasteiger partial charge in [-0.25, -0.2) is 0 Å². The fourth-order valence-electron chi connectivity index (χ4n) is 4.82. The molecule has 0 radical (unpaired) electrons. The van der Waals surface area contributed by atoms with Crippen molar-refractivity contribution < 1.29 is 25.9 Å². The molecule has 1 unspecified atom stereocenters. The molecule has 2 aromatic carbocycles. The molecule has 0 amide bonds. The molecular formula is C27H36N4O6S2. The number of allylic oxidation sites excluding steroid dienone is 3. The Morgan fingerprint density at radius 2 is 1.51 bits per heavy atom. The Balaban J connectivity index is 2.33. The van der Waals surface area contributed by atoms with E-state index in [1.54, 1.807) is 12.2 Å². The fraction of sp³-hybridized carbons (Fsp3) is 0.333. The van der Waals surface area contributed by atoms with Gasteiger partial charge in [-0.3, -0.25) is 9.11 Å². The van der Waals surface area contributed by atoms with E-state index in [4.69, 9.17) is 17.2 Å². The van der Waals surface area contributed by atoms with Crippen molar-refractivity contribution in [1.82, 2.24) is 0 Å². The number of hydrogen-bond donors (Lipinski definition) is 5. The lowest BCUT2D eigenvalue weighted by Gasteiger charge is -2.35. The van der Waals surface area contributed by atoms with Crippen molar-refractivity contribution in [2.24, 2.45) is 22.6 Å². The molecule has 10 nitrogen and oxygen atoms in total. The number of rotatable bonds is 11. The van der Waals surface area contributed by atoms with E-state index in [-0.39, 0.29) is 12.1 Å². The lowest BCUT2D eigenvalue weighted by molar-refractivity contribution is 0.365. The highest BCUT2D eigenvalue weighted by atomic mass is 32.2. The molecule has 0 saturated carbocycles. The fourth-order valence-corrected chi connectivity index (χ4v) is 6.13. The van der Waals surface area contributed by atoms with Crippen molar-refractivity contribution in [3.63, 3.8) is 0 Å². The Bertz CT molecular complexity index is 1480. The molecule has 0 aliphatic heterocycles. The summed E-state index contributed by atoms with van der Waals surface area (Å²) in [4.78, 5) is 0.828. The topological polar surface area (TPSA) is 190 Å². The maximum absolute atomic E-state index is 12.5. The normalized spacial score (nSPS) is 18.3. The standard InChI is InChI=1S/C27H36N4O6S2/c1-3-31(4-2)21-7-5-19(6-8-21)26(20-11-13-27(14-12-20,15-16-28)25(30)18-29)23-10-9-22(38(32,33)34)17-24(23)39(35,36)37/h5-14,17,25H,3-4,15-16,18,28-30H2,1-2H3,(H,32,33,34)(H,35,36,37). The SMILES string of the molecule is CCN(CC)c1ccc(C(=C2C=CC(CCN)(C(N)CN)C=C2)c2ccc(S(=O)(=O)O)cc2S(=O)(=O)O)cc1. The summed E-state index contributed by atoms with van der Waals surface area (Å²) in [6, 6.07) is 10.1. The van der Waals surface area contributed by atoms with E-state index in [1.807, 2.05) is 50.3 Å². The molecule has 12 heteroatoms. The largest absolute Gasteiger partial charge is 0.372 e. The molecule has 0 bridgehead atoms. The Morgan fingerprint density at radius 3 is 1.97 bits per heavy atom. The summed E-state index contributed by atoms with van der Waals surface area (Å²) in [5.41, 5.74) is 20.1. The van der Waals surface area contributed by atoms with Crippen LogP contribution in [0.2, 0.25) is 0 Å². The summed E-state index contributed by atoms with van der Waals surface area (Å²) >= 11 is 0. The van der Waals surface area contributed by atoms with Crippen LogP contribution in [-0.4, -0.2) is 58.2 Å². The van der Waals surface area contributed by atoms with Crippen LogP contribution in [0.25, 0.3) is 5.57 Å². The van der Waals surface area contributed by atoms with Crippen LogP contribution in [0.1, 0.15) is 31.4 Å². The Hall–Kier alpha value is -2.84. The summed E-state index contributed by atoms with van der Waals surface area (Å²) < 4.78 is 68.0. The van der Waals surface area contributed by atoms with Gasteiger partial charge in [0.1, 0.15) is 4.90 Å². The molecule has 0 aromatic heterocycles. The second-order valence-corrected chi connectivity index (χ2v) is 12.1. The van der Waals surface area contributed by atoms with Crippen LogP contribution in [0.3, 0.4) is 0 Å². The first-order valence-corrected chi connectivity index (χ1v) is 15.4. The van der Waals surface area contributed by atoms with Crippen LogP contribution >= 0.6 is 0 Å². The van der Waals surface area contributed by atoms with Gasteiger partial charge >= 0.3 is 0 Å². The van der Waals surface area contributed by atoms with Gasteiger partial charge in [0.2, 0.25) is 0 Å². The van der Waals surface area contributed by atoms with E-state index >= 15 is 0 Å². The van der Waals surface area contributed by atoms with Gasteiger partial charge in [-0.2, -0.15) is 16.8 Å². The van der Waals surface area contributed by atoms with Crippen LogP contribution in [0.15, 0.2) is 82.1 Å². The predicted molar refractivity (Wildman–Crippen MR) is 154 cm³/mol. The summed E-state index contributed by atoms with van der Waals surface area (Å²) in [6.45, 7) is 6.25. The second kappa shape index (κ2) is 12.1. The van der Waals surface area contributed by atoms with E-state index in [0.29, 0.717) is 29.7 Å². The third-order valence-corrected chi connectivity index (χ3v) is 8.78. The lowest BCUT2D eigenvalue weighted by Crippen LogP contribution is -2.46. The van der Waals surface area contributed by atoms with Gasteiger partial charge in [-0.1, -0.05) is 42.5 Å². The molecule has 3 rings (SSSR count). The van der Waals surface area contributed by atoms with Gasteiger partial charge in [0.15, 0.2) is 0 Å². The van der Waals surface area contributed by atoms with E-state index in [2.05, 4.69) is 4.90 Å². The quantitative estimate of drug-likeness (QED) is 0.249. The smallest absolute Gasteiger partial charge is 0.295 e. The van der Waals surface area contributed by atoms with Crippen molar-refractivity contribution in [2.75, 3.05) is 31.1 Å². The minimum atomic E-state index is -4.91. The first-order valence-electron chi connectivity index (χ1n) is 12.5. The molecule has 1 aliphatic carbocycles. The molecule has 1 aliphatic rings. The lowest BCUT2D eigenvalue weighted by atomic mass is 9.73. The molecular weight excluding hydrogens is 540 g/mol. The first-order chi connectivity index (χ1) is 18.3. The Kier molecular flexibility index (Phi) is 9.55. The third kappa shape index (κ3) is 6.67. The predicted octanol–water partition coefficient (Wildman–Crippen LogP) is 2.58. The number of hydrogen-bond acceptors (Lipinski definition) is 8. The van der Waals surface area contributed by atoms with Crippen molar-refractivity contribution in [1.29, 1.82) is 0 Å². The summed E-state index contributed by atoms with van der Waals surface area (Å²) in [5.74, 6) is 0. The van der Waals surface area contributed by atoms with E-state index < -0.39 is 41.5 Å². The first kappa shape index (κ1) is 30.7. The summed E-state index contributed by atoms with van der Waals surface area (Å²) in [5, 5.41) is 0. The van der Waals surface area contributed by atoms with Crippen LogP contribution < -0.4 is 22.1 Å². The summed E-state index contributed by atoms with van der Waals surface area (Å²) in [6.07, 6.45) is 7.90. The zero-order valence-electron chi connectivity index (χ0n) is 22.0. The molecule has 212 valence electrons. The number of benzene rings is 2. The molecule has 0 fully saturated rings.